The molecule has 1 aromatic heterocycles. The third-order valence-corrected chi connectivity index (χ3v) is 2.93. The summed E-state index contributed by atoms with van der Waals surface area (Å²) in [5.41, 5.74) is 0.447. The summed E-state index contributed by atoms with van der Waals surface area (Å²) in [5, 5.41) is -0.281. The summed E-state index contributed by atoms with van der Waals surface area (Å²) in [6.07, 6.45) is 0. The van der Waals surface area contributed by atoms with Crippen molar-refractivity contribution >= 4 is 17.4 Å². The van der Waals surface area contributed by atoms with Crippen LogP contribution in [-0.4, -0.2) is 28.1 Å². The predicted molar refractivity (Wildman–Crippen MR) is 79.5 cm³/mol. The first-order chi connectivity index (χ1) is 10.6. The molecule has 0 N–H and O–H groups in total. The molecule has 2 rings (SSSR count). The Bertz CT molecular complexity index is 688. The van der Waals surface area contributed by atoms with Gasteiger partial charge in [0.25, 0.3) is 0 Å². The molecule has 0 bridgehead atoms. The SMILES string of the molecule is CC(C)(C)OCC(=O)c1ccc(-c2noc(C(F)(F)Cl)n2)cc1. The molecule has 0 aliphatic heterocycles. The molecule has 0 spiro atoms. The van der Waals surface area contributed by atoms with Crippen molar-refractivity contribution in [1.82, 2.24) is 10.1 Å². The van der Waals surface area contributed by atoms with Gasteiger partial charge in [-0.2, -0.15) is 13.8 Å². The van der Waals surface area contributed by atoms with Crippen molar-refractivity contribution < 1.29 is 22.8 Å². The van der Waals surface area contributed by atoms with Crippen LogP contribution in [0.3, 0.4) is 0 Å². The molecule has 1 aromatic carbocycles. The van der Waals surface area contributed by atoms with E-state index in [1.54, 1.807) is 12.1 Å². The quantitative estimate of drug-likeness (QED) is 0.605. The molecule has 124 valence electrons. The summed E-state index contributed by atoms with van der Waals surface area (Å²) in [6.45, 7) is 5.51. The molecule has 8 heteroatoms. The van der Waals surface area contributed by atoms with E-state index in [1.807, 2.05) is 20.8 Å². The highest BCUT2D eigenvalue weighted by molar-refractivity contribution is 6.21. The van der Waals surface area contributed by atoms with Gasteiger partial charge in [-0.25, -0.2) is 0 Å². The second kappa shape index (κ2) is 6.33. The van der Waals surface area contributed by atoms with Gasteiger partial charge >= 0.3 is 11.3 Å². The largest absolute Gasteiger partial charge is 0.400 e. The Kier molecular flexibility index (Phi) is 4.81. The molecule has 0 fully saturated rings. The van der Waals surface area contributed by atoms with Crippen LogP contribution in [0.5, 0.6) is 0 Å². The molecule has 0 aliphatic rings. The average molecular weight is 345 g/mol. The van der Waals surface area contributed by atoms with Gasteiger partial charge in [0, 0.05) is 11.1 Å². The third-order valence-electron chi connectivity index (χ3n) is 2.77. The smallest absolute Gasteiger partial charge is 0.368 e. The normalized spacial score (nSPS) is 12.4. The van der Waals surface area contributed by atoms with Gasteiger partial charge < -0.3 is 9.26 Å². The number of nitrogens with zero attached hydrogens (tertiary/aromatic N) is 2. The number of carbonyl (C=O) groups is 1. The van der Waals surface area contributed by atoms with E-state index in [4.69, 9.17) is 16.3 Å². The highest BCUT2D eigenvalue weighted by Gasteiger charge is 2.35. The minimum atomic E-state index is -3.72. The number of rotatable bonds is 5. The number of benzene rings is 1. The van der Waals surface area contributed by atoms with Crippen LogP contribution in [-0.2, 0) is 10.1 Å². The standard InChI is InChI=1S/C15H15ClF2N2O3/c1-14(2,3)22-8-11(21)9-4-6-10(7-5-9)12-19-13(23-20-12)15(16,17)18/h4-7H,8H2,1-3H3. The lowest BCUT2D eigenvalue weighted by Crippen LogP contribution is -2.23. The molecule has 0 radical (unpaired) electrons. The van der Waals surface area contributed by atoms with E-state index < -0.39 is 16.9 Å². The summed E-state index contributed by atoms with van der Waals surface area (Å²) in [6, 6.07) is 6.15. The van der Waals surface area contributed by atoms with Crippen LogP contribution in [0.1, 0.15) is 37.0 Å². The van der Waals surface area contributed by atoms with Gasteiger partial charge in [-0.1, -0.05) is 29.4 Å². The van der Waals surface area contributed by atoms with Crippen molar-refractivity contribution in [2.45, 2.75) is 31.8 Å². The van der Waals surface area contributed by atoms with Gasteiger partial charge in [-0.3, -0.25) is 4.79 Å². The lowest BCUT2D eigenvalue weighted by molar-refractivity contribution is 0.00307. The Morgan fingerprint density at radius 3 is 2.35 bits per heavy atom. The molecule has 0 saturated carbocycles. The second-order valence-electron chi connectivity index (χ2n) is 5.82. The summed E-state index contributed by atoms with van der Waals surface area (Å²) in [7, 11) is 0. The van der Waals surface area contributed by atoms with Crippen molar-refractivity contribution in [3.8, 4) is 11.4 Å². The lowest BCUT2D eigenvalue weighted by Gasteiger charge is -2.18. The molecular formula is C15H15ClF2N2O3. The Labute approximate surface area is 136 Å². The molecule has 0 aliphatic carbocycles. The molecule has 0 saturated heterocycles. The number of hydrogen-bond acceptors (Lipinski definition) is 5. The average Bonchev–Trinajstić information content (AvgIpc) is 2.94. The molecular weight excluding hydrogens is 330 g/mol. The van der Waals surface area contributed by atoms with E-state index in [1.165, 1.54) is 12.1 Å². The molecule has 0 unspecified atom stereocenters. The fourth-order valence-electron chi connectivity index (χ4n) is 1.63. The topological polar surface area (TPSA) is 65.2 Å². The zero-order valence-corrected chi connectivity index (χ0v) is 13.5. The highest BCUT2D eigenvalue weighted by atomic mass is 35.5. The first kappa shape index (κ1) is 17.5. The van der Waals surface area contributed by atoms with Crippen LogP contribution in [0.2, 0.25) is 0 Å². The van der Waals surface area contributed by atoms with Crippen LogP contribution in [0.25, 0.3) is 11.4 Å². The summed E-state index contributed by atoms with van der Waals surface area (Å²) in [5.74, 6) is -1.20. The molecule has 5 nitrogen and oxygen atoms in total. The lowest BCUT2D eigenvalue weighted by atomic mass is 10.1. The summed E-state index contributed by atoms with van der Waals surface area (Å²) in [4.78, 5) is 15.5. The van der Waals surface area contributed by atoms with Crippen LogP contribution in [0, 0.1) is 0 Å². The van der Waals surface area contributed by atoms with Crippen molar-refractivity contribution in [2.24, 2.45) is 0 Å². The van der Waals surface area contributed by atoms with Crippen LogP contribution in [0.15, 0.2) is 28.8 Å². The van der Waals surface area contributed by atoms with Gasteiger partial charge in [0.15, 0.2) is 5.78 Å². The zero-order chi connectivity index (χ0) is 17.3. The van der Waals surface area contributed by atoms with Crippen molar-refractivity contribution in [3.05, 3.63) is 35.7 Å². The van der Waals surface area contributed by atoms with Gasteiger partial charge in [0.2, 0.25) is 5.82 Å². The Morgan fingerprint density at radius 1 is 1.26 bits per heavy atom. The molecule has 0 amide bonds. The maximum Gasteiger partial charge on any atom is 0.400 e. The predicted octanol–water partition coefficient (Wildman–Crippen LogP) is 4.02. The first-order valence-electron chi connectivity index (χ1n) is 6.75. The molecule has 0 atom stereocenters. The maximum absolute atomic E-state index is 12.8. The molecule has 1 heterocycles. The second-order valence-corrected chi connectivity index (χ2v) is 6.30. The number of aromatic nitrogens is 2. The van der Waals surface area contributed by atoms with Crippen molar-refractivity contribution in [1.29, 1.82) is 0 Å². The number of ketones is 1. The maximum atomic E-state index is 12.8. The minimum Gasteiger partial charge on any atom is -0.368 e. The third kappa shape index (κ3) is 4.80. The fourth-order valence-corrected chi connectivity index (χ4v) is 1.70. The fraction of sp³-hybridized carbons (Fsp3) is 0.400. The van der Waals surface area contributed by atoms with Crippen LogP contribution in [0.4, 0.5) is 8.78 Å². The Balaban J connectivity index is 2.10. The Hall–Kier alpha value is -1.86. The summed E-state index contributed by atoms with van der Waals surface area (Å²) < 4.78 is 35.5. The number of ether oxygens (including phenoxy) is 1. The van der Waals surface area contributed by atoms with Gasteiger partial charge in [0.1, 0.15) is 6.61 Å². The van der Waals surface area contributed by atoms with Gasteiger partial charge in [0.05, 0.1) is 5.60 Å². The number of halogens is 3. The van der Waals surface area contributed by atoms with E-state index in [-0.39, 0.29) is 18.2 Å². The van der Waals surface area contributed by atoms with Crippen LogP contribution >= 0.6 is 11.6 Å². The first-order valence-corrected chi connectivity index (χ1v) is 7.12. The van der Waals surface area contributed by atoms with E-state index in [0.29, 0.717) is 11.1 Å². The van der Waals surface area contributed by atoms with Crippen molar-refractivity contribution in [2.75, 3.05) is 6.61 Å². The van der Waals surface area contributed by atoms with E-state index in [9.17, 15) is 13.6 Å². The van der Waals surface area contributed by atoms with Crippen LogP contribution < -0.4 is 0 Å². The van der Waals surface area contributed by atoms with Gasteiger partial charge in [-0.05, 0) is 32.4 Å². The van der Waals surface area contributed by atoms with Gasteiger partial charge in [-0.15, -0.1) is 0 Å². The van der Waals surface area contributed by atoms with E-state index in [2.05, 4.69) is 14.7 Å². The van der Waals surface area contributed by atoms with Crippen molar-refractivity contribution in [3.63, 3.8) is 0 Å². The zero-order valence-electron chi connectivity index (χ0n) is 12.8. The molecule has 23 heavy (non-hydrogen) atoms. The number of carbonyl (C=O) groups excluding carboxylic acids is 1. The number of hydrogen-bond donors (Lipinski definition) is 0. The minimum absolute atomic E-state index is 0.0368. The van der Waals surface area contributed by atoms with E-state index >= 15 is 0 Å². The monoisotopic (exact) mass is 344 g/mol. The van der Waals surface area contributed by atoms with E-state index in [0.717, 1.165) is 0 Å². The number of Topliss-reactive ketones (excluding diaryl/α,β-unsaturated/α-hetero) is 1. The Morgan fingerprint density at radius 2 is 1.87 bits per heavy atom. The number of alkyl halides is 3. The highest BCUT2D eigenvalue weighted by Crippen LogP contribution is 2.32. The molecule has 2 aromatic rings. The summed E-state index contributed by atoms with van der Waals surface area (Å²) >= 11 is 4.81.